The monoisotopic (exact) mass is 652 g/mol. The predicted molar refractivity (Wildman–Crippen MR) is 165 cm³/mol. The van der Waals surface area contributed by atoms with Crippen LogP contribution in [0.3, 0.4) is 0 Å². The second kappa shape index (κ2) is 10.9. The van der Waals surface area contributed by atoms with Crippen molar-refractivity contribution in [1.29, 1.82) is 0 Å². The zero-order valence-electron chi connectivity index (χ0n) is 28.1. The predicted octanol–water partition coefficient (Wildman–Crippen LogP) is 1.16. The first-order chi connectivity index (χ1) is 21.2. The molecule has 0 amide bonds. The van der Waals surface area contributed by atoms with Gasteiger partial charge in [-0.15, -0.1) is 0 Å². The number of carbonyl (C=O) groups is 1. The maximum Gasteiger partial charge on any atom is 0.315 e. The molecule has 6 rings (SSSR count). The molecule has 1 saturated heterocycles. The van der Waals surface area contributed by atoms with Crippen molar-refractivity contribution in [3.8, 4) is 0 Å². The Morgan fingerprint density at radius 2 is 1.52 bits per heavy atom. The summed E-state index contributed by atoms with van der Waals surface area (Å²) < 4.78 is 11.4. The molecule has 16 unspecified atom stereocenters. The third kappa shape index (κ3) is 4.45. The number of ether oxygens (including phenoxy) is 2. The first-order valence-corrected chi connectivity index (χ1v) is 17.2. The summed E-state index contributed by atoms with van der Waals surface area (Å²) in [6.07, 6.45) is -4.25. The standard InChI is InChI=1S/C35H56O11/c1-30(2)11-13-35(29(43)46-28-25(40)24(39)23(38)19(16-36)45-28)14-12-32(4)17(22(35)27(30)42)7-8-20-31(3)15-18(37)26(41)34(6,44)21(31)9-10-33(20,32)5/h7,18-28,36-42,44H,8-16H2,1-6H3. The molecule has 0 aromatic carbocycles. The summed E-state index contributed by atoms with van der Waals surface area (Å²) in [6, 6.07) is 0. The van der Waals surface area contributed by atoms with Crippen LogP contribution >= 0.6 is 0 Å². The van der Waals surface area contributed by atoms with Gasteiger partial charge in [0, 0.05) is 5.92 Å². The molecule has 11 nitrogen and oxygen atoms in total. The van der Waals surface area contributed by atoms with Crippen molar-refractivity contribution in [2.45, 2.75) is 148 Å². The van der Waals surface area contributed by atoms with Gasteiger partial charge in [-0.3, -0.25) is 4.79 Å². The SMILES string of the molecule is CC1(C)CCC2(C(=O)OC3OC(CO)C(O)C(O)C3O)CCC3(C)C(=CCC4C5(C)CC(O)C(O)C(C)(O)C5CCC43C)C2C1O. The normalized spacial score (nSPS) is 56.4. The van der Waals surface area contributed by atoms with Gasteiger partial charge in [0.1, 0.15) is 30.5 Å². The molecule has 1 aliphatic heterocycles. The molecule has 0 bridgehead atoms. The minimum atomic E-state index is -1.72. The molecule has 46 heavy (non-hydrogen) atoms. The topological polar surface area (TPSA) is 197 Å². The number of aliphatic hydroxyl groups is 8. The molecule has 8 N–H and O–H groups in total. The van der Waals surface area contributed by atoms with Crippen LogP contribution in [-0.4, -0.2) is 108 Å². The number of allylic oxidation sites excluding steroid dienone is 1. The third-order valence-corrected chi connectivity index (χ3v) is 14.9. The van der Waals surface area contributed by atoms with E-state index in [4.69, 9.17) is 9.47 Å². The molecule has 1 heterocycles. The highest BCUT2D eigenvalue weighted by Gasteiger charge is 2.72. The maximum atomic E-state index is 14.4. The van der Waals surface area contributed by atoms with Crippen molar-refractivity contribution in [3.05, 3.63) is 11.6 Å². The maximum absolute atomic E-state index is 14.4. The summed E-state index contributed by atoms with van der Waals surface area (Å²) in [5, 5.41) is 86.3. The number of fused-ring (bicyclic) bond motifs is 7. The molecule has 6 aliphatic rings. The second-order valence-electron chi connectivity index (χ2n) is 17.4. The van der Waals surface area contributed by atoms with Crippen molar-refractivity contribution in [3.63, 3.8) is 0 Å². The van der Waals surface area contributed by atoms with Crippen molar-refractivity contribution < 1.29 is 55.1 Å². The highest BCUT2D eigenvalue weighted by Crippen LogP contribution is 2.75. The quantitative estimate of drug-likeness (QED) is 0.161. The molecule has 16 atom stereocenters. The summed E-state index contributed by atoms with van der Waals surface area (Å²) in [5.74, 6) is -1.35. The van der Waals surface area contributed by atoms with Crippen LogP contribution in [0.25, 0.3) is 0 Å². The van der Waals surface area contributed by atoms with E-state index in [9.17, 15) is 45.6 Å². The van der Waals surface area contributed by atoms with E-state index >= 15 is 0 Å². The van der Waals surface area contributed by atoms with Gasteiger partial charge >= 0.3 is 5.97 Å². The van der Waals surface area contributed by atoms with Gasteiger partial charge in [-0.05, 0) is 91.8 Å². The number of hydrogen-bond acceptors (Lipinski definition) is 11. The molecule has 262 valence electrons. The lowest BCUT2D eigenvalue weighted by molar-refractivity contribution is -0.298. The Labute approximate surface area is 271 Å². The fourth-order valence-corrected chi connectivity index (χ4v) is 11.8. The largest absolute Gasteiger partial charge is 0.432 e. The highest BCUT2D eigenvalue weighted by atomic mass is 16.7. The Balaban J connectivity index is 1.39. The molecule has 5 fully saturated rings. The van der Waals surface area contributed by atoms with Crippen LogP contribution < -0.4 is 0 Å². The summed E-state index contributed by atoms with van der Waals surface area (Å²) >= 11 is 0. The van der Waals surface area contributed by atoms with E-state index < -0.39 is 94.8 Å². The van der Waals surface area contributed by atoms with Crippen molar-refractivity contribution in [2.75, 3.05) is 6.61 Å². The van der Waals surface area contributed by atoms with E-state index in [0.29, 0.717) is 44.9 Å². The summed E-state index contributed by atoms with van der Waals surface area (Å²) in [6.45, 7) is 11.7. The molecule has 4 saturated carbocycles. The smallest absolute Gasteiger partial charge is 0.315 e. The van der Waals surface area contributed by atoms with E-state index in [-0.39, 0.29) is 17.3 Å². The molecular weight excluding hydrogens is 596 g/mol. The van der Waals surface area contributed by atoms with Gasteiger partial charge in [-0.1, -0.05) is 46.3 Å². The summed E-state index contributed by atoms with van der Waals surface area (Å²) in [4.78, 5) is 14.4. The number of carbonyl (C=O) groups excluding carboxylic acids is 1. The van der Waals surface area contributed by atoms with Crippen LogP contribution in [0.15, 0.2) is 11.6 Å². The molecule has 11 heteroatoms. The molecule has 5 aliphatic carbocycles. The zero-order chi connectivity index (χ0) is 34.0. The Kier molecular flexibility index (Phi) is 8.24. The molecule has 0 aromatic rings. The third-order valence-electron chi connectivity index (χ3n) is 14.9. The Morgan fingerprint density at radius 1 is 0.870 bits per heavy atom. The van der Waals surface area contributed by atoms with Gasteiger partial charge in [0.15, 0.2) is 0 Å². The van der Waals surface area contributed by atoms with Gasteiger partial charge in [0.25, 0.3) is 0 Å². The highest BCUT2D eigenvalue weighted by molar-refractivity contribution is 5.79. The van der Waals surface area contributed by atoms with Gasteiger partial charge in [-0.2, -0.15) is 0 Å². The Morgan fingerprint density at radius 3 is 2.17 bits per heavy atom. The first kappa shape index (κ1) is 34.7. The Bertz CT molecular complexity index is 1250. The summed E-state index contributed by atoms with van der Waals surface area (Å²) in [5.41, 5.74) is -3.22. The summed E-state index contributed by atoms with van der Waals surface area (Å²) in [7, 11) is 0. The van der Waals surface area contributed by atoms with Crippen LogP contribution in [0.4, 0.5) is 0 Å². The minimum Gasteiger partial charge on any atom is -0.432 e. The zero-order valence-corrected chi connectivity index (χ0v) is 28.1. The fourth-order valence-electron chi connectivity index (χ4n) is 11.8. The second-order valence-corrected chi connectivity index (χ2v) is 17.4. The minimum absolute atomic E-state index is 0.0726. The molecule has 0 aromatic heterocycles. The van der Waals surface area contributed by atoms with Crippen LogP contribution in [0, 0.1) is 44.8 Å². The number of esters is 1. The van der Waals surface area contributed by atoms with E-state index in [1.807, 2.05) is 13.8 Å². The van der Waals surface area contributed by atoms with Gasteiger partial charge in [0.2, 0.25) is 6.29 Å². The lowest BCUT2D eigenvalue weighted by Crippen LogP contribution is -2.70. The van der Waals surface area contributed by atoms with Gasteiger partial charge < -0.3 is 50.3 Å². The van der Waals surface area contributed by atoms with E-state index in [2.05, 4.69) is 26.8 Å². The first-order valence-electron chi connectivity index (χ1n) is 17.2. The number of hydrogen-bond donors (Lipinski definition) is 8. The van der Waals surface area contributed by atoms with Crippen LogP contribution in [-0.2, 0) is 14.3 Å². The molecular formula is C35H56O11. The van der Waals surface area contributed by atoms with Crippen molar-refractivity contribution in [1.82, 2.24) is 0 Å². The Hall–Kier alpha value is -1.15. The van der Waals surface area contributed by atoms with Crippen LogP contribution in [0.5, 0.6) is 0 Å². The van der Waals surface area contributed by atoms with Gasteiger partial charge in [-0.25, -0.2) is 0 Å². The average molecular weight is 653 g/mol. The average Bonchev–Trinajstić information content (AvgIpc) is 2.98. The lowest BCUT2D eigenvalue weighted by atomic mass is 9.34. The van der Waals surface area contributed by atoms with E-state index in [0.717, 1.165) is 12.0 Å². The lowest BCUT2D eigenvalue weighted by Gasteiger charge is -2.71. The van der Waals surface area contributed by atoms with Crippen molar-refractivity contribution in [2.24, 2.45) is 44.8 Å². The van der Waals surface area contributed by atoms with E-state index in [1.165, 1.54) is 0 Å². The molecule has 0 radical (unpaired) electrons. The number of aliphatic hydroxyl groups excluding tert-OH is 7. The number of rotatable bonds is 3. The van der Waals surface area contributed by atoms with Gasteiger partial charge in [0.05, 0.1) is 29.8 Å². The fraction of sp³-hybridized carbons (Fsp3) is 0.914. The van der Waals surface area contributed by atoms with Crippen LogP contribution in [0.2, 0.25) is 0 Å². The van der Waals surface area contributed by atoms with Crippen LogP contribution in [0.1, 0.15) is 92.9 Å². The van der Waals surface area contributed by atoms with Crippen molar-refractivity contribution >= 4 is 5.97 Å². The molecule has 0 spiro atoms. The van der Waals surface area contributed by atoms with E-state index in [1.54, 1.807) is 6.92 Å².